The molecular formula is C16H23N3O2. The van der Waals surface area contributed by atoms with E-state index in [9.17, 15) is 4.79 Å². The number of amides is 1. The van der Waals surface area contributed by atoms with Crippen molar-refractivity contribution in [2.24, 2.45) is 11.7 Å². The Morgan fingerprint density at radius 2 is 2.24 bits per heavy atom. The number of nitrogens with one attached hydrogen (secondary N) is 1. The normalized spacial score (nSPS) is 21.9. The lowest BCUT2D eigenvalue weighted by Crippen LogP contribution is -2.37. The minimum absolute atomic E-state index is 0.124. The lowest BCUT2D eigenvalue weighted by Gasteiger charge is -2.31. The van der Waals surface area contributed by atoms with Crippen LogP contribution in [-0.2, 0) is 9.53 Å². The topological polar surface area (TPSA) is 67.6 Å². The van der Waals surface area contributed by atoms with E-state index in [1.165, 1.54) is 12.8 Å². The smallest absolute Gasteiger partial charge is 0.245 e. The number of nitrogens with zero attached hydrogens (tertiary/aromatic N) is 1. The summed E-state index contributed by atoms with van der Waals surface area (Å²) in [5, 5.41) is 2.86. The number of methoxy groups -OCH3 is 1. The second-order valence-corrected chi connectivity index (χ2v) is 6.00. The number of carbonyl (C=O) groups excluding carboxylic acids is 1. The summed E-state index contributed by atoms with van der Waals surface area (Å²) in [5.41, 5.74) is 8.72. The average molecular weight is 289 g/mol. The van der Waals surface area contributed by atoms with Gasteiger partial charge in [0.15, 0.2) is 0 Å². The first-order valence-electron chi connectivity index (χ1n) is 7.57. The molecule has 0 bridgehead atoms. The van der Waals surface area contributed by atoms with Crippen molar-refractivity contribution < 1.29 is 9.53 Å². The predicted molar refractivity (Wildman–Crippen MR) is 83.4 cm³/mol. The van der Waals surface area contributed by atoms with Crippen molar-refractivity contribution in [2.75, 3.05) is 30.5 Å². The zero-order chi connectivity index (χ0) is 15.0. The van der Waals surface area contributed by atoms with E-state index < -0.39 is 6.04 Å². The SMILES string of the molecule is COCCN(c1ccc2c(c1)NC(=O)C2N)C(C)C1CC1. The van der Waals surface area contributed by atoms with Crippen LogP contribution in [0.3, 0.4) is 0 Å². The van der Waals surface area contributed by atoms with Gasteiger partial charge in [-0.2, -0.15) is 0 Å². The molecule has 5 nitrogen and oxygen atoms in total. The molecular weight excluding hydrogens is 266 g/mol. The average Bonchev–Trinajstić information content (AvgIpc) is 3.27. The predicted octanol–water partition coefficient (Wildman–Crippen LogP) is 1.89. The van der Waals surface area contributed by atoms with Crippen molar-refractivity contribution in [3.8, 4) is 0 Å². The van der Waals surface area contributed by atoms with Gasteiger partial charge in [0.05, 0.1) is 6.61 Å². The van der Waals surface area contributed by atoms with Gasteiger partial charge in [-0.15, -0.1) is 0 Å². The van der Waals surface area contributed by atoms with E-state index >= 15 is 0 Å². The van der Waals surface area contributed by atoms with Gasteiger partial charge >= 0.3 is 0 Å². The lowest BCUT2D eigenvalue weighted by molar-refractivity contribution is -0.116. The summed E-state index contributed by atoms with van der Waals surface area (Å²) in [4.78, 5) is 14.0. The van der Waals surface area contributed by atoms with Crippen LogP contribution in [0.1, 0.15) is 31.4 Å². The Labute approximate surface area is 125 Å². The molecule has 3 rings (SSSR count). The first kappa shape index (κ1) is 14.4. The number of carbonyl (C=O) groups is 1. The van der Waals surface area contributed by atoms with Crippen molar-refractivity contribution in [2.45, 2.75) is 31.8 Å². The van der Waals surface area contributed by atoms with E-state index in [-0.39, 0.29) is 5.91 Å². The maximum absolute atomic E-state index is 11.7. The van der Waals surface area contributed by atoms with E-state index in [2.05, 4.69) is 23.2 Å². The summed E-state index contributed by atoms with van der Waals surface area (Å²) in [5.74, 6) is 0.646. The summed E-state index contributed by atoms with van der Waals surface area (Å²) in [6.07, 6.45) is 2.61. The van der Waals surface area contributed by atoms with Crippen LogP contribution in [0, 0.1) is 5.92 Å². The number of fused-ring (bicyclic) bond motifs is 1. The maximum Gasteiger partial charge on any atom is 0.245 e. The van der Waals surface area contributed by atoms with Gasteiger partial charge in [-0.05, 0) is 37.8 Å². The van der Waals surface area contributed by atoms with E-state index in [0.717, 1.165) is 29.4 Å². The molecule has 1 aliphatic heterocycles. The summed E-state index contributed by atoms with van der Waals surface area (Å²) < 4.78 is 5.24. The molecule has 114 valence electrons. The summed E-state index contributed by atoms with van der Waals surface area (Å²) in [6.45, 7) is 3.82. The Morgan fingerprint density at radius 1 is 1.48 bits per heavy atom. The van der Waals surface area contributed by atoms with Gasteiger partial charge in [-0.25, -0.2) is 0 Å². The molecule has 1 aromatic carbocycles. The molecule has 1 fully saturated rings. The number of rotatable bonds is 6. The van der Waals surface area contributed by atoms with Crippen molar-refractivity contribution in [1.82, 2.24) is 0 Å². The van der Waals surface area contributed by atoms with Crippen LogP contribution in [-0.4, -0.2) is 32.2 Å². The fourth-order valence-corrected chi connectivity index (χ4v) is 3.04. The Hall–Kier alpha value is -1.59. The number of nitrogens with two attached hydrogens (primary N) is 1. The molecule has 1 saturated carbocycles. The van der Waals surface area contributed by atoms with Crippen molar-refractivity contribution >= 4 is 17.3 Å². The van der Waals surface area contributed by atoms with Crippen LogP contribution in [0.15, 0.2) is 18.2 Å². The highest BCUT2D eigenvalue weighted by Crippen LogP contribution is 2.39. The van der Waals surface area contributed by atoms with Gasteiger partial charge < -0.3 is 20.7 Å². The van der Waals surface area contributed by atoms with Crippen molar-refractivity contribution in [3.63, 3.8) is 0 Å². The van der Waals surface area contributed by atoms with Crippen LogP contribution in [0.25, 0.3) is 0 Å². The van der Waals surface area contributed by atoms with Gasteiger partial charge in [0, 0.05) is 36.6 Å². The van der Waals surface area contributed by atoms with Gasteiger partial charge in [0.25, 0.3) is 0 Å². The Balaban J connectivity index is 1.85. The largest absolute Gasteiger partial charge is 0.383 e. The molecule has 2 atom stereocenters. The number of anilines is 2. The van der Waals surface area contributed by atoms with Crippen LogP contribution in [0.2, 0.25) is 0 Å². The highest BCUT2D eigenvalue weighted by atomic mass is 16.5. The molecule has 3 N–H and O–H groups in total. The van der Waals surface area contributed by atoms with Gasteiger partial charge in [-0.3, -0.25) is 4.79 Å². The summed E-state index contributed by atoms with van der Waals surface area (Å²) >= 11 is 0. The van der Waals surface area contributed by atoms with Crippen LogP contribution in [0.4, 0.5) is 11.4 Å². The first-order chi connectivity index (χ1) is 10.1. The molecule has 2 aliphatic rings. The third kappa shape index (κ3) is 2.76. The highest BCUT2D eigenvalue weighted by molar-refractivity contribution is 6.02. The zero-order valence-electron chi connectivity index (χ0n) is 12.6. The monoisotopic (exact) mass is 289 g/mol. The Bertz CT molecular complexity index is 542. The quantitative estimate of drug-likeness (QED) is 0.839. The fourth-order valence-electron chi connectivity index (χ4n) is 3.04. The third-order valence-corrected chi connectivity index (χ3v) is 4.58. The summed E-state index contributed by atoms with van der Waals surface area (Å²) in [7, 11) is 1.72. The van der Waals surface area contributed by atoms with Crippen molar-refractivity contribution in [3.05, 3.63) is 23.8 Å². The molecule has 0 saturated heterocycles. The summed E-state index contributed by atoms with van der Waals surface area (Å²) in [6, 6.07) is 6.01. The molecule has 5 heteroatoms. The molecule has 0 aromatic heterocycles. The van der Waals surface area contributed by atoms with Crippen LogP contribution in [0.5, 0.6) is 0 Å². The Morgan fingerprint density at radius 3 is 2.90 bits per heavy atom. The number of hydrogen-bond donors (Lipinski definition) is 2. The molecule has 21 heavy (non-hydrogen) atoms. The Kier molecular flexibility index (Phi) is 3.87. The minimum atomic E-state index is -0.540. The van der Waals surface area contributed by atoms with E-state index in [0.29, 0.717) is 12.6 Å². The molecule has 1 amide bonds. The maximum atomic E-state index is 11.7. The van der Waals surface area contributed by atoms with Gasteiger partial charge in [0.1, 0.15) is 6.04 Å². The van der Waals surface area contributed by atoms with Crippen LogP contribution < -0.4 is 16.0 Å². The molecule has 1 aromatic rings. The third-order valence-electron chi connectivity index (χ3n) is 4.58. The van der Waals surface area contributed by atoms with E-state index in [4.69, 9.17) is 10.5 Å². The number of benzene rings is 1. The zero-order valence-corrected chi connectivity index (χ0v) is 12.6. The molecule has 1 aliphatic carbocycles. The first-order valence-corrected chi connectivity index (χ1v) is 7.57. The van der Waals surface area contributed by atoms with Crippen LogP contribution >= 0.6 is 0 Å². The van der Waals surface area contributed by atoms with Gasteiger partial charge in [0.2, 0.25) is 5.91 Å². The van der Waals surface area contributed by atoms with Gasteiger partial charge in [-0.1, -0.05) is 6.07 Å². The fraction of sp³-hybridized carbons (Fsp3) is 0.562. The van der Waals surface area contributed by atoms with E-state index in [1.54, 1.807) is 7.11 Å². The number of hydrogen-bond acceptors (Lipinski definition) is 4. The lowest BCUT2D eigenvalue weighted by atomic mass is 10.1. The standard InChI is InChI=1S/C16H23N3O2/c1-10(11-3-4-11)19(7-8-21-2)12-5-6-13-14(9-12)18-16(20)15(13)17/h5-6,9-11,15H,3-4,7-8,17H2,1-2H3,(H,18,20). The molecule has 1 heterocycles. The minimum Gasteiger partial charge on any atom is -0.383 e. The highest BCUT2D eigenvalue weighted by Gasteiger charge is 2.33. The molecule has 2 unspecified atom stereocenters. The molecule has 0 spiro atoms. The molecule has 0 radical (unpaired) electrons. The second-order valence-electron chi connectivity index (χ2n) is 6.00. The number of ether oxygens (including phenoxy) is 1. The second kappa shape index (κ2) is 5.66. The van der Waals surface area contributed by atoms with Crippen molar-refractivity contribution in [1.29, 1.82) is 0 Å². The van der Waals surface area contributed by atoms with E-state index in [1.807, 2.05) is 12.1 Å².